The van der Waals surface area contributed by atoms with Crippen LogP contribution in [0.3, 0.4) is 0 Å². The van der Waals surface area contributed by atoms with Gasteiger partial charge in [0.15, 0.2) is 0 Å². The summed E-state index contributed by atoms with van der Waals surface area (Å²) in [7, 11) is -2.42. The lowest BCUT2D eigenvalue weighted by Crippen LogP contribution is -2.46. The van der Waals surface area contributed by atoms with Gasteiger partial charge >= 0.3 is 0 Å². The molecule has 6 heteroatoms. The van der Waals surface area contributed by atoms with Gasteiger partial charge in [0.05, 0.1) is 4.90 Å². The lowest BCUT2D eigenvalue weighted by atomic mass is 9.81. The molecule has 1 heterocycles. The largest absolute Gasteiger partial charge is 0.361 e. The highest BCUT2D eigenvalue weighted by atomic mass is 32.2. The fourth-order valence-electron chi connectivity index (χ4n) is 4.37. The lowest BCUT2D eigenvalue weighted by Gasteiger charge is -2.41. The zero-order chi connectivity index (χ0) is 19.8. The number of sulfone groups is 1. The van der Waals surface area contributed by atoms with E-state index in [1.54, 1.807) is 30.3 Å². The lowest BCUT2D eigenvalue weighted by molar-refractivity contribution is -0.122. The second kappa shape index (κ2) is 7.18. The number of nitrogens with one attached hydrogen (secondary N) is 1. The SMILES string of the molecule is COC(c1ccc2[nH]ccc2c1)(C1CCC(=O)CC1)S(=O)(=O)c1ccccc1. The Bertz CT molecular complexity index is 1090. The molecular weight excluding hydrogens is 374 g/mol. The zero-order valence-corrected chi connectivity index (χ0v) is 16.5. The summed E-state index contributed by atoms with van der Waals surface area (Å²) in [6.45, 7) is 0. The molecule has 1 saturated carbocycles. The number of carbonyl (C=O) groups excluding carboxylic acids is 1. The smallest absolute Gasteiger partial charge is 0.212 e. The van der Waals surface area contributed by atoms with Crippen LogP contribution in [0.15, 0.2) is 65.7 Å². The minimum atomic E-state index is -3.88. The first-order chi connectivity index (χ1) is 13.5. The van der Waals surface area contributed by atoms with E-state index in [0.717, 1.165) is 10.9 Å². The van der Waals surface area contributed by atoms with Crippen molar-refractivity contribution in [2.24, 2.45) is 5.92 Å². The van der Waals surface area contributed by atoms with E-state index in [1.165, 1.54) is 7.11 Å². The maximum absolute atomic E-state index is 13.9. The molecule has 0 spiro atoms. The maximum Gasteiger partial charge on any atom is 0.212 e. The molecule has 0 saturated heterocycles. The predicted molar refractivity (Wildman–Crippen MR) is 108 cm³/mol. The van der Waals surface area contributed by atoms with E-state index in [4.69, 9.17) is 4.74 Å². The van der Waals surface area contributed by atoms with Gasteiger partial charge in [0.25, 0.3) is 0 Å². The Morgan fingerprint density at radius 1 is 1.04 bits per heavy atom. The highest BCUT2D eigenvalue weighted by Gasteiger charge is 2.53. The molecule has 1 aliphatic rings. The molecule has 1 atom stereocenters. The van der Waals surface area contributed by atoms with Gasteiger partial charge in [0.1, 0.15) is 5.78 Å². The molecule has 0 amide bonds. The molecule has 1 N–H and O–H groups in total. The Morgan fingerprint density at radius 2 is 1.75 bits per heavy atom. The molecule has 1 fully saturated rings. The van der Waals surface area contributed by atoms with Gasteiger partial charge < -0.3 is 9.72 Å². The van der Waals surface area contributed by atoms with Crippen molar-refractivity contribution in [3.8, 4) is 0 Å². The molecule has 5 nitrogen and oxygen atoms in total. The van der Waals surface area contributed by atoms with E-state index in [-0.39, 0.29) is 16.6 Å². The Labute approximate surface area is 164 Å². The van der Waals surface area contributed by atoms with Crippen LogP contribution >= 0.6 is 0 Å². The fraction of sp³-hybridized carbons (Fsp3) is 0.318. The standard InChI is InChI=1S/C22H23NO4S/c1-27-22(17-7-10-19(24)11-8-17,28(25,26)20-5-3-2-4-6-20)18-9-12-21-16(15-18)13-14-23-21/h2-6,9,12-15,17,23H,7-8,10-11H2,1H3. The third-order valence-electron chi connectivity index (χ3n) is 5.79. The van der Waals surface area contributed by atoms with Crippen LogP contribution in [0.1, 0.15) is 31.2 Å². The van der Waals surface area contributed by atoms with Crippen LogP contribution in [-0.4, -0.2) is 26.3 Å². The van der Waals surface area contributed by atoms with Crippen molar-refractivity contribution in [1.29, 1.82) is 0 Å². The van der Waals surface area contributed by atoms with Crippen LogP contribution in [-0.2, 0) is 24.3 Å². The van der Waals surface area contributed by atoms with Crippen LogP contribution in [0.4, 0.5) is 0 Å². The Balaban J connectivity index is 1.95. The summed E-state index contributed by atoms with van der Waals surface area (Å²) < 4.78 is 33.8. The van der Waals surface area contributed by atoms with Crippen molar-refractivity contribution in [1.82, 2.24) is 4.98 Å². The number of hydrogen-bond donors (Lipinski definition) is 1. The highest BCUT2D eigenvalue weighted by Crippen LogP contribution is 2.48. The Kier molecular flexibility index (Phi) is 4.85. The third-order valence-corrected chi connectivity index (χ3v) is 8.22. The van der Waals surface area contributed by atoms with Gasteiger partial charge in [-0.15, -0.1) is 0 Å². The number of aromatic amines is 1. The molecule has 3 aromatic rings. The number of fused-ring (bicyclic) bond motifs is 1. The van der Waals surface area contributed by atoms with Crippen LogP contribution in [0.5, 0.6) is 0 Å². The number of rotatable bonds is 5. The molecule has 0 bridgehead atoms. The monoisotopic (exact) mass is 397 g/mol. The third kappa shape index (κ3) is 2.88. The summed E-state index contributed by atoms with van der Waals surface area (Å²) >= 11 is 0. The summed E-state index contributed by atoms with van der Waals surface area (Å²) in [6, 6.07) is 15.9. The fourth-order valence-corrected chi connectivity index (χ4v) is 6.57. The Hall–Kier alpha value is -2.44. The average molecular weight is 397 g/mol. The van der Waals surface area contributed by atoms with Gasteiger partial charge in [-0.3, -0.25) is 4.79 Å². The normalized spacial score (nSPS) is 18.2. The topological polar surface area (TPSA) is 76.2 Å². The van der Waals surface area contributed by atoms with E-state index >= 15 is 0 Å². The number of benzene rings is 2. The summed E-state index contributed by atoms with van der Waals surface area (Å²) in [6.07, 6.45) is 3.57. The highest BCUT2D eigenvalue weighted by molar-refractivity contribution is 7.92. The number of ether oxygens (including phenoxy) is 1. The minimum absolute atomic E-state index is 0.180. The summed E-state index contributed by atoms with van der Waals surface area (Å²) in [4.78, 5) is 13.6. The number of Topliss-reactive ketones (excluding diaryl/α,β-unsaturated/α-hetero) is 1. The van der Waals surface area contributed by atoms with Crippen LogP contribution in [0, 0.1) is 5.92 Å². The van der Waals surface area contributed by atoms with Gasteiger partial charge in [0, 0.05) is 43.1 Å². The number of H-pyrrole nitrogens is 1. The van der Waals surface area contributed by atoms with Crippen molar-refractivity contribution in [2.45, 2.75) is 35.5 Å². The zero-order valence-electron chi connectivity index (χ0n) is 15.7. The number of hydrogen-bond acceptors (Lipinski definition) is 4. The van der Waals surface area contributed by atoms with Gasteiger partial charge in [0.2, 0.25) is 14.8 Å². The van der Waals surface area contributed by atoms with E-state index in [0.29, 0.717) is 31.2 Å². The van der Waals surface area contributed by atoms with Gasteiger partial charge in [-0.25, -0.2) is 8.42 Å². The van der Waals surface area contributed by atoms with Crippen molar-refractivity contribution in [2.75, 3.05) is 7.11 Å². The van der Waals surface area contributed by atoms with Crippen LogP contribution in [0.25, 0.3) is 10.9 Å². The number of methoxy groups -OCH3 is 1. The van der Waals surface area contributed by atoms with Gasteiger partial charge in [-0.2, -0.15) is 0 Å². The molecule has 0 aliphatic heterocycles. The Morgan fingerprint density at radius 3 is 2.43 bits per heavy atom. The quantitative estimate of drug-likeness (QED) is 0.700. The predicted octanol–water partition coefficient (Wildman–Crippen LogP) is 4.20. The van der Waals surface area contributed by atoms with Gasteiger partial charge in [-0.1, -0.05) is 24.3 Å². The van der Waals surface area contributed by atoms with Crippen molar-refractivity contribution >= 4 is 26.5 Å². The molecule has 4 rings (SSSR count). The first-order valence-electron chi connectivity index (χ1n) is 9.43. The molecule has 1 unspecified atom stereocenters. The summed E-state index contributed by atoms with van der Waals surface area (Å²) in [5.41, 5.74) is 1.54. The molecule has 2 aromatic carbocycles. The van der Waals surface area contributed by atoms with Crippen LogP contribution in [0.2, 0.25) is 0 Å². The van der Waals surface area contributed by atoms with E-state index in [1.807, 2.05) is 30.5 Å². The van der Waals surface area contributed by atoms with E-state index in [2.05, 4.69) is 4.98 Å². The second-order valence-electron chi connectivity index (χ2n) is 7.28. The number of ketones is 1. The van der Waals surface area contributed by atoms with Crippen LogP contribution < -0.4 is 0 Å². The molecule has 0 radical (unpaired) electrons. The second-order valence-corrected chi connectivity index (χ2v) is 9.37. The number of carbonyl (C=O) groups is 1. The summed E-state index contributed by atoms with van der Waals surface area (Å²) in [5, 5.41) is 0.925. The molecule has 1 aromatic heterocycles. The number of aromatic nitrogens is 1. The van der Waals surface area contributed by atoms with E-state index < -0.39 is 14.8 Å². The van der Waals surface area contributed by atoms with Crippen molar-refractivity contribution < 1.29 is 17.9 Å². The van der Waals surface area contributed by atoms with E-state index in [9.17, 15) is 13.2 Å². The minimum Gasteiger partial charge on any atom is -0.361 e. The van der Waals surface area contributed by atoms with Crippen molar-refractivity contribution in [3.63, 3.8) is 0 Å². The molecule has 146 valence electrons. The van der Waals surface area contributed by atoms with Gasteiger partial charge in [-0.05, 0) is 48.6 Å². The summed E-state index contributed by atoms with van der Waals surface area (Å²) in [5.74, 6) is -0.128. The molecule has 28 heavy (non-hydrogen) atoms. The molecular formula is C22H23NO4S. The van der Waals surface area contributed by atoms with Crippen molar-refractivity contribution in [3.05, 3.63) is 66.4 Å². The first kappa shape index (κ1) is 18.9. The molecule has 1 aliphatic carbocycles. The first-order valence-corrected chi connectivity index (χ1v) is 10.9. The average Bonchev–Trinajstić information content (AvgIpc) is 3.19. The maximum atomic E-state index is 13.9.